The van der Waals surface area contributed by atoms with Crippen molar-refractivity contribution in [3.8, 4) is 0 Å². The summed E-state index contributed by atoms with van der Waals surface area (Å²) in [5.74, 6) is -0.376. The third-order valence-corrected chi connectivity index (χ3v) is 3.13. The van der Waals surface area contributed by atoms with Crippen LogP contribution in [0.2, 0.25) is 0 Å². The lowest BCUT2D eigenvalue weighted by Gasteiger charge is -2.22. The Morgan fingerprint density at radius 3 is 2.84 bits per heavy atom. The normalized spacial score (nSPS) is 13.9. The molecular formula is C13H16FN3OS. The van der Waals surface area contributed by atoms with E-state index >= 15 is 0 Å². The molecule has 0 spiro atoms. The highest BCUT2D eigenvalue weighted by molar-refractivity contribution is 7.80. The Morgan fingerprint density at radius 2 is 2.26 bits per heavy atom. The van der Waals surface area contributed by atoms with Gasteiger partial charge in [0.25, 0.3) is 0 Å². The number of anilines is 1. The summed E-state index contributed by atoms with van der Waals surface area (Å²) in [7, 11) is 0. The standard InChI is InChI=1S/C13H16FN3OS/c14-9-2-1-3-10(8-9)16-13(18)17(11-4-5-11)7-6-12(15)19/h1-3,8,11H,4-7H2,(H2,15,19)(H,16,18). The van der Waals surface area contributed by atoms with Gasteiger partial charge < -0.3 is 16.0 Å². The van der Waals surface area contributed by atoms with Crippen molar-refractivity contribution in [3.05, 3.63) is 30.1 Å². The number of benzene rings is 1. The fourth-order valence-electron chi connectivity index (χ4n) is 1.83. The lowest BCUT2D eigenvalue weighted by atomic mass is 10.3. The molecule has 0 saturated heterocycles. The second kappa shape index (κ2) is 5.97. The number of urea groups is 1. The molecule has 102 valence electrons. The van der Waals surface area contributed by atoms with E-state index in [9.17, 15) is 9.18 Å². The number of amides is 2. The first-order chi connectivity index (χ1) is 9.06. The van der Waals surface area contributed by atoms with Gasteiger partial charge in [-0.1, -0.05) is 18.3 Å². The predicted octanol–water partition coefficient (Wildman–Crippen LogP) is 2.50. The van der Waals surface area contributed by atoms with Crippen LogP contribution in [0.1, 0.15) is 19.3 Å². The molecule has 1 aromatic carbocycles. The molecule has 0 heterocycles. The number of carbonyl (C=O) groups excluding carboxylic acids is 1. The highest BCUT2D eigenvalue weighted by Gasteiger charge is 2.32. The topological polar surface area (TPSA) is 58.4 Å². The molecule has 1 fully saturated rings. The van der Waals surface area contributed by atoms with Gasteiger partial charge in [-0.05, 0) is 31.0 Å². The smallest absolute Gasteiger partial charge is 0.322 e. The number of hydrogen-bond donors (Lipinski definition) is 2. The van der Waals surface area contributed by atoms with Crippen molar-refractivity contribution in [2.45, 2.75) is 25.3 Å². The maximum Gasteiger partial charge on any atom is 0.322 e. The zero-order chi connectivity index (χ0) is 13.8. The van der Waals surface area contributed by atoms with Crippen molar-refractivity contribution in [2.75, 3.05) is 11.9 Å². The van der Waals surface area contributed by atoms with E-state index in [0.29, 0.717) is 23.6 Å². The first kappa shape index (κ1) is 13.7. The van der Waals surface area contributed by atoms with Crippen molar-refractivity contribution in [1.29, 1.82) is 0 Å². The second-order valence-corrected chi connectivity index (χ2v) is 5.11. The summed E-state index contributed by atoms with van der Waals surface area (Å²) >= 11 is 4.82. The Balaban J connectivity index is 1.97. The van der Waals surface area contributed by atoms with E-state index in [1.807, 2.05) is 0 Å². The fraction of sp³-hybridized carbons (Fsp3) is 0.385. The van der Waals surface area contributed by atoms with Crippen LogP contribution in [0, 0.1) is 5.82 Å². The molecule has 1 aliphatic rings. The van der Waals surface area contributed by atoms with Crippen molar-refractivity contribution in [3.63, 3.8) is 0 Å². The van der Waals surface area contributed by atoms with E-state index in [-0.39, 0.29) is 17.9 Å². The summed E-state index contributed by atoms with van der Waals surface area (Å²) in [6.07, 6.45) is 2.49. The van der Waals surface area contributed by atoms with Crippen LogP contribution in [0.4, 0.5) is 14.9 Å². The second-order valence-electron chi connectivity index (χ2n) is 4.58. The number of hydrogen-bond acceptors (Lipinski definition) is 2. The van der Waals surface area contributed by atoms with Gasteiger partial charge >= 0.3 is 6.03 Å². The highest BCUT2D eigenvalue weighted by Crippen LogP contribution is 2.27. The minimum absolute atomic E-state index is 0.232. The first-order valence-electron chi connectivity index (χ1n) is 6.18. The summed E-state index contributed by atoms with van der Waals surface area (Å²) < 4.78 is 13.0. The summed E-state index contributed by atoms with van der Waals surface area (Å²) in [6, 6.07) is 5.85. The monoisotopic (exact) mass is 281 g/mol. The molecule has 0 unspecified atom stereocenters. The summed E-state index contributed by atoms with van der Waals surface area (Å²) in [5, 5.41) is 2.69. The van der Waals surface area contributed by atoms with Gasteiger partial charge in [-0.2, -0.15) is 0 Å². The Morgan fingerprint density at radius 1 is 1.53 bits per heavy atom. The van der Waals surface area contributed by atoms with E-state index in [1.165, 1.54) is 12.1 Å². The van der Waals surface area contributed by atoms with E-state index in [0.717, 1.165) is 12.8 Å². The van der Waals surface area contributed by atoms with Gasteiger partial charge in [0.05, 0.1) is 4.99 Å². The van der Waals surface area contributed by atoms with Gasteiger partial charge in [-0.3, -0.25) is 0 Å². The largest absolute Gasteiger partial charge is 0.393 e. The number of thiocarbonyl (C=S) groups is 1. The SMILES string of the molecule is NC(=S)CCN(C(=O)Nc1cccc(F)c1)C1CC1. The Labute approximate surface area is 116 Å². The molecule has 1 aliphatic carbocycles. The number of carbonyl (C=O) groups is 1. The third kappa shape index (κ3) is 4.17. The zero-order valence-corrected chi connectivity index (χ0v) is 11.3. The molecule has 19 heavy (non-hydrogen) atoms. The van der Waals surface area contributed by atoms with Crippen molar-refractivity contribution in [1.82, 2.24) is 4.90 Å². The maximum absolute atomic E-state index is 13.0. The number of halogens is 1. The lowest BCUT2D eigenvalue weighted by molar-refractivity contribution is 0.210. The molecule has 2 amide bonds. The van der Waals surface area contributed by atoms with E-state index in [2.05, 4.69) is 5.32 Å². The van der Waals surface area contributed by atoms with Gasteiger partial charge in [0.1, 0.15) is 5.82 Å². The Kier molecular flexibility index (Phi) is 4.31. The minimum atomic E-state index is -0.376. The van der Waals surface area contributed by atoms with Gasteiger partial charge in [0.2, 0.25) is 0 Å². The summed E-state index contributed by atoms with van der Waals surface area (Å²) in [4.78, 5) is 14.2. The molecular weight excluding hydrogens is 265 g/mol. The van der Waals surface area contributed by atoms with Crippen LogP contribution in [0.5, 0.6) is 0 Å². The highest BCUT2D eigenvalue weighted by atomic mass is 32.1. The molecule has 0 aliphatic heterocycles. The number of rotatable bonds is 5. The van der Waals surface area contributed by atoms with Crippen LogP contribution in [-0.4, -0.2) is 28.5 Å². The van der Waals surface area contributed by atoms with Crippen molar-refractivity contribution in [2.24, 2.45) is 5.73 Å². The van der Waals surface area contributed by atoms with Crippen LogP contribution >= 0.6 is 12.2 Å². The molecule has 1 saturated carbocycles. The van der Waals surface area contributed by atoms with Gasteiger partial charge in [0, 0.05) is 24.7 Å². The van der Waals surface area contributed by atoms with Crippen LogP contribution in [0.3, 0.4) is 0 Å². The zero-order valence-electron chi connectivity index (χ0n) is 10.4. The Bertz CT molecular complexity index is 491. The molecule has 0 aromatic heterocycles. The van der Waals surface area contributed by atoms with E-state index in [4.69, 9.17) is 18.0 Å². The van der Waals surface area contributed by atoms with Gasteiger partial charge in [0.15, 0.2) is 0 Å². The van der Waals surface area contributed by atoms with Crippen LogP contribution in [-0.2, 0) is 0 Å². The molecule has 4 nitrogen and oxygen atoms in total. The molecule has 0 atom stereocenters. The number of nitrogens with two attached hydrogens (primary N) is 1. The number of nitrogens with zero attached hydrogens (tertiary/aromatic N) is 1. The molecule has 0 radical (unpaired) electrons. The molecule has 1 aromatic rings. The fourth-order valence-corrected chi connectivity index (χ4v) is 1.92. The van der Waals surface area contributed by atoms with Crippen LogP contribution in [0.15, 0.2) is 24.3 Å². The van der Waals surface area contributed by atoms with Crippen LogP contribution < -0.4 is 11.1 Å². The summed E-state index contributed by atoms with van der Waals surface area (Å²) in [5.41, 5.74) is 5.91. The van der Waals surface area contributed by atoms with E-state index in [1.54, 1.807) is 17.0 Å². The lowest BCUT2D eigenvalue weighted by Crippen LogP contribution is -2.38. The summed E-state index contributed by atoms with van der Waals surface area (Å²) in [6.45, 7) is 0.501. The Hall–Kier alpha value is -1.69. The molecule has 6 heteroatoms. The van der Waals surface area contributed by atoms with Crippen molar-refractivity contribution >= 4 is 28.9 Å². The molecule has 0 bridgehead atoms. The molecule has 3 N–H and O–H groups in total. The van der Waals surface area contributed by atoms with Crippen LogP contribution in [0.25, 0.3) is 0 Å². The third-order valence-electron chi connectivity index (χ3n) is 2.92. The van der Waals surface area contributed by atoms with E-state index < -0.39 is 0 Å². The number of nitrogens with one attached hydrogen (secondary N) is 1. The minimum Gasteiger partial charge on any atom is -0.393 e. The van der Waals surface area contributed by atoms with Gasteiger partial charge in [-0.15, -0.1) is 0 Å². The van der Waals surface area contributed by atoms with Gasteiger partial charge in [-0.25, -0.2) is 9.18 Å². The maximum atomic E-state index is 13.0. The average Bonchev–Trinajstić information content (AvgIpc) is 3.13. The molecule has 2 rings (SSSR count). The predicted molar refractivity (Wildman–Crippen MR) is 76.5 cm³/mol. The average molecular weight is 281 g/mol. The van der Waals surface area contributed by atoms with Crippen molar-refractivity contribution < 1.29 is 9.18 Å². The first-order valence-corrected chi connectivity index (χ1v) is 6.58. The quantitative estimate of drug-likeness (QED) is 0.815.